The summed E-state index contributed by atoms with van der Waals surface area (Å²) in [4.78, 5) is 11.8. The minimum absolute atomic E-state index is 0.00843. The molecule has 1 aromatic heterocycles. The largest absolute Gasteiger partial charge is 0.292 e. The van der Waals surface area contributed by atoms with Crippen LogP contribution in [0.4, 0.5) is 0 Å². The number of hydrogen-bond donors (Lipinski definition) is 0. The Bertz CT molecular complexity index is 362. The molecule has 0 radical (unpaired) electrons. The number of Topliss-reactive ketones (excluding diaryl/α,β-unsaturated/α-hetero) is 1. The maximum Gasteiger partial charge on any atom is 0.184 e. The van der Waals surface area contributed by atoms with Crippen LogP contribution >= 0.6 is 0 Å². The van der Waals surface area contributed by atoms with E-state index < -0.39 is 0 Å². The first kappa shape index (κ1) is 10.5. The van der Waals surface area contributed by atoms with Crippen molar-refractivity contribution in [3.8, 4) is 6.07 Å². The maximum atomic E-state index is 11.8. The van der Waals surface area contributed by atoms with E-state index in [1.54, 1.807) is 23.9 Å². The predicted molar refractivity (Wildman–Crippen MR) is 51.6 cm³/mol. The summed E-state index contributed by atoms with van der Waals surface area (Å²) in [5.41, 5.74) is 0.593. The molecule has 74 valence electrons. The summed E-state index contributed by atoms with van der Waals surface area (Å²) in [6.45, 7) is 4.37. The van der Waals surface area contributed by atoms with Crippen molar-refractivity contribution < 1.29 is 4.79 Å². The van der Waals surface area contributed by atoms with Crippen molar-refractivity contribution in [1.29, 1.82) is 5.26 Å². The molecule has 0 aliphatic carbocycles. The van der Waals surface area contributed by atoms with Gasteiger partial charge in [-0.2, -0.15) is 10.4 Å². The third kappa shape index (κ3) is 1.99. The van der Waals surface area contributed by atoms with Crippen LogP contribution in [0, 0.1) is 17.2 Å². The van der Waals surface area contributed by atoms with Gasteiger partial charge in [-0.1, -0.05) is 6.92 Å². The number of aromatic nitrogens is 2. The Kier molecular flexibility index (Phi) is 3.41. The monoisotopic (exact) mass is 191 g/mol. The van der Waals surface area contributed by atoms with Crippen molar-refractivity contribution >= 4 is 5.78 Å². The molecule has 1 rings (SSSR count). The Hall–Kier alpha value is -1.63. The first-order chi connectivity index (χ1) is 6.70. The van der Waals surface area contributed by atoms with Gasteiger partial charge in [-0.05, 0) is 13.0 Å². The van der Waals surface area contributed by atoms with Crippen LogP contribution in [0.15, 0.2) is 12.3 Å². The van der Waals surface area contributed by atoms with E-state index in [9.17, 15) is 4.79 Å². The van der Waals surface area contributed by atoms with Crippen molar-refractivity contribution in [2.24, 2.45) is 5.92 Å². The van der Waals surface area contributed by atoms with Crippen LogP contribution in [0.1, 0.15) is 30.8 Å². The number of nitrogens with zero attached hydrogens (tertiary/aromatic N) is 3. The molecule has 1 unspecified atom stereocenters. The van der Waals surface area contributed by atoms with E-state index in [4.69, 9.17) is 5.26 Å². The molecule has 0 fully saturated rings. The van der Waals surface area contributed by atoms with Crippen molar-refractivity contribution in [3.63, 3.8) is 0 Å². The lowest BCUT2D eigenvalue weighted by Gasteiger charge is -2.07. The minimum atomic E-state index is -0.248. The van der Waals surface area contributed by atoms with Gasteiger partial charge in [-0.3, -0.25) is 9.48 Å². The molecule has 0 amide bonds. The van der Waals surface area contributed by atoms with Gasteiger partial charge in [0, 0.05) is 25.1 Å². The molecular weight excluding hydrogens is 178 g/mol. The van der Waals surface area contributed by atoms with Gasteiger partial charge in [-0.25, -0.2) is 0 Å². The molecule has 0 bridgehead atoms. The van der Waals surface area contributed by atoms with Crippen molar-refractivity contribution in [2.75, 3.05) is 0 Å². The van der Waals surface area contributed by atoms with Gasteiger partial charge >= 0.3 is 0 Å². The van der Waals surface area contributed by atoms with Gasteiger partial charge in [0.1, 0.15) is 5.69 Å². The highest BCUT2D eigenvalue weighted by Crippen LogP contribution is 2.11. The van der Waals surface area contributed by atoms with Crippen molar-refractivity contribution in [3.05, 3.63) is 18.0 Å². The molecule has 14 heavy (non-hydrogen) atoms. The van der Waals surface area contributed by atoms with Gasteiger partial charge in [0.25, 0.3) is 0 Å². The van der Waals surface area contributed by atoms with Crippen LogP contribution in [0.25, 0.3) is 0 Å². The molecule has 0 N–H and O–H groups in total. The fourth-order valence-corrected chi connectivity index (χ4v) is 1.28. The standard InChI is InChI=1S/C10H13N3O/c1-3-13-9(5-7-12-13)10(14)8(2)4-6-11/h5,7-8H,3-4H2,1-2H3. The Morgan fingerprint density at radius 3 is 3.07 bits per heavy atom. The van der Waals surface area contributed by atoms with Crippen LogP contribution in [0.3, 0.4) is 0 Å². The summed E-state index contributed by atoms with van der Waals surface area (Å²) < 4.78 is 1.65. The van der Waals surface area contributed by atoms with Crippen LogP contribution in [0.5, 0.6) is 0 Å². The zero-order valence-corrected chi connectivity index (χ0v) is 8.40. The van der Waals surface area contributed by atoms with Gasteiger partial charge in [0.15, 0.2) is 5.78 Å². The van der Waals surface area contributed by atoms with Crippen LogP contribution in [0.2, 0.25) is 0 Å². The second-order valence-corrected chi connectivity index (χ2v) is 3.16. The summed E-state index contributed by atoms with van der Waals surface area (Å²) in [6, 6.07) is 3.69. The highest BCUT2D eigenvalue weighted by Gasteiger charge is 2.18. The van der Waals surface area contributed by atoms with Gasteiger partial charge < -0.3 is 0 Å². The lowest BCUT2D eigenvalue weighted by atomic mass is 10.0. The van der Waals surface area contributed by atoms with Crippen molar-refractivity contribution in [2.45, 2.75) is 26.8 Å². The van der Waals surface area contributed by atoms with E-state index in [2.05, 4.69) is 5.10 Å². The molecule has 0 aliphatic heterocycles. The number of nitriles is 1. The summed E-state index contributed by atoms with van der Waals surface area (Å²) in [5, 5.41) is 12.5. The van der Waals surface area contributed by atoms with Gasteiger partial charge in [0.05, 0.1) is 6.07 Å². The number of hydrogen-bond acceptors (Lipinski definition) is 3. The number of carbonyl (C=O) groups is 1. The van der Waals surface area contributed by atoms with Gasteiger partial charge in [0.2, 0.25) is 0 Å². The number of aryl methyl sites for hydroxylation is 1. The van der Waals surface area contributed by atoms with Crippen LogP contribution in [-0.2, 0) is 6.54 Å². The zero-order valence-electron chi connectivity index (χ0n) is 8.40. The lowest BCUT2D eigenvalue weighted by molar-refractivity contribution is 0.0921. The minimum Gasteiger partial charge on any atom is -0.292 e. The number of rotatable bonds is 4. The second kappa shape index (κ2) is 4.56. The third-order valence-corrected chi connectivity index (χ3v) is 2.11. The molecule has 1 heterocycles. The molecule has 0 saturated heterocycles. The third-order valence-electron chi connectivity index (χ3n) is 2.11. The van der Waals surface area contributed by atoms with E-state index >= 15 is 0 Å². The average Bonchev–Trinajstić information content (AvgIpc) is 2.64. The summed E-state index contributed by atoms with van der Waals surface area (Å²) in [7, 11) is 0. The Morgan fingerprint density at radius 2 is 2.50 bits per heavy atom. The molecule has 4 nitrogen and oxygen atoms in total. The van der Waals surface area contributed by atoms with Gasteiger partial charge in [-0.15, -0.1) is 0 Å². The fraction of sp³-hybridized carbons (Fsp3) is 0.500. The lowest BCUT2D eigenvalue weighted by Crippen LogP contribution is -2.16. The molecule has 0 aliphatic rings. The number of ketones is 1. The topological polar surface area (TPSA) is 58.7 Å². The molecule has 1 atom stereocenters. The summed E-state index contributed by atoms with van der Waals surface area (Å²) in [5.74, 6) is -0.257. The molecule has 4 heteroatoms. The Balaban J connectivity index is 2.84. The van der Waals surface area contributed by atoms with E-state index in [0.717, 1.165) is 0 Å². The molecule has 0 aromatic carbocycles. The zero-order chi connectivity index (χ0) is 10.6. The smallest absolute Gasteiger partial charge is 0.184 e. The maximum absolute atomic E-state index is 11.8. The fourth-order valence-electron chi connectivity index (χ4n) is 1.28. The number of carbonyl (C=O) groups excluding carboxylic acids is 1. The average molecular weight is 191 g/mol. The highest BCUT2D eigenvalue weighted by atomic mass is 16.1. The molecule has 0 saturated carbocycles. The summed E-state index contributed by atoms with van der Waals surface area (Å²) in [6.07, 6.45) is 1.86. The van der Waals surface area contributed by atoms with E-state index in [-0.39, 0.29) is 18.1 Å². The second-order valence-electron chi connectivity index (χ2n) is 3.16. The quantitative estimate of drug-likeness (QED) is 0.680. The Morgan fingerprint density at radius 1 is 1.79 bits per heavy atom. The summed E-state index contributed by atoms with van der Waals surface area (Å²) >= 11 is 0. The van der Waals surface area contributed by atoms with Crippen LogP contribution in [-0.4, -0.2) is 15.6 Å². The predicted octanol–water partition coefficient (Wildman–Crippen LogP) is 1.64. The Labute approximate surface area is 83.1 Å². The van der Waals surface area contributed by atoms with Crippen LogP contribution < -0.4 is 0 Å². The van der Waals surface area contributed by atoms with E-state index in [1.165, 1.54) is 0 Å². The first-order valence-electron chi connectivity index (χ1n) is 4.63. The van der Waals surface area contributed by atoms with Crippen molar-refractivity contribution in [1.82, 2.24) is 9.78 Å². The molecule has 0 spiro atoms. The van der Waals surface area contributed by atoms with E-state index in [0.29, 0.717) is 12.2 Å². The molecular formula is C10H13N3O. The normalized spacial score (nSPS) is 12.1. The first-order valence-corrected chi connectivity index (χ1v) is 4.63. The van der Waals surface area contributed by atoms with E-state index in [1.807, 2.05) is 13.0 Å². The SMILES string of the molecule is CCn1nccc1C(=O)C(C)CC#N. The molecule has 1 aromatic rings. The highest BCUT2D eigenvalue weighted by molar-refractivity contribution is 5.96.